The van der Waals surface area contributed by atoms with Crippen molar-refractivity contribution >= 4 is 46.1 Å². The Morgan fingerprint density at radius 2 is 0.872 bits per heavy atom. The van der Waals surface area contributed by atoms with E-state index >= 15 is 0 Å². The van der Waals surface area contributed by atoms with Crippen molar-refractivity contribution in [2.24, 2.45) is 9.98 Å². The second-order valence-corrected chi connectivity index (χ2v) is 10.6. The predicted molar refractivity (Wildman–Crippen MR) is 182 cm³/mol. The van der Waals surface area contributed by atoms with E-state index in [1.807, 2.05) is 84.9 Å². The standard InChI is InChI=1S/C38H36N4O4.Ni/c1-25-35(37(43)45-23-29-15-7-5-8-16-29)26(2)40-33-21-13-14-22-34(33)42-28(4)36(38(44)46-24-30-17-9-6-10-18-30)27(3)41-32-20-12-11-19-31(32)39-25;/h5-22H,23-24H2,1-4H3,(H2,39,40,41,42,43,44);/q;+2/p-2. The maximum Gasteiger partial charge on any atom is 2.00 e. The first kappa shape index (κ1) is 34.6. The maximum atomic E-state index is 13.6. The Kier molecular flexibility index (Phi) is 12.0. The van der Waals surface area contributed by atoms with Crippen LogP contribution in [0.4, 0.5) is 22.7 Å². The smallest absolute Gasteiger partial charge is 0.662 e. The normalized spacial score (nSPS) is 16.3. The molecule has 1 aliphatic heterocycles. The summed E-state index contributed by atoms with van der Waals surface area (Å²) in [6.45, 7) is 7.16. The van der Waals surface area contributed by atoms with Gasteiger partial charge in [-0.1, -0.05) is 111 Å². The third-order valence-electron chi connectivity index (χ3n) is 7.20. The molecule has 0 fully saturated rings. The largest absolute Gasteiger partial charge is 2.00 e. The molecule has 1 aliphatic rings. The minimum atomic E-state index is -0.551. The summed E-state index contributed by atoms with van der Waals surface area (Å²) in [5.41, 5.74) is 5.82. The van der Waals surface area contributed by atoms with E-state index < -0.39 is 11.9 Å². The van der Waals surface area contributed by atoms with Crippen LogP contribution in [0.15, 0.2) is 142 Å². The zero-order valence-corrected chi connectivity index (χ0v) is 27.5. The molecule has 0 aromatic heterocycles. The van der Waals surface area contributed by atoms with Gasteiger partial charge in [0, 0.05) is 0 Å². The summed E-state index contributed by atoms with van der Waals surface area (Å²) in [7, 11) is 0. The van der Waals surface area contributed by atoms with E-state index in [0.717, 1.165) is 11.1 Å². The Bertz CT molecular complexity index is 1730. The average Bonchev–Trinajstić information content (AvgIpc) is 3.05. The zero-order chi connectivity index (χ0) is 32.5. The molecule has 4 aromatic rings. The minimum Gasteiger partial charge on any atom is -0.662 e. The molecular formula is C38H34N4NiO4. The quantitative estimate of drug-likeness (QED) is 0.151. The third kappa shape index (κ3) is 8.93. The van der Waals surface area contributed by atoms with Crippen molar-refractivity contribution in [3.8, 4) is 0 Å². The van der Waals surface area contributed by atoms with Crippen LogP contribution in [-0.4, -0.2) is 23.4 Å². The number of aliphatic imine (C=N–C) groups is 2. The summed E-state index contributed by atoms with van der Waals surface area (Å²) in [4.78, 5) is 36.9. The first-order chi connectivity index (χ1) is 22.3. The summed E-state index contributed by atoms with van der Waals surface area (Å²) < 4.78 is 11.5. The Morgan fingerprint density at radius 3 is 1.26 bits per heavy atom. The Labute approximate surface area is 285 Å². The van der Waals surface area contributed by atoms with Crippen molar-refractivity contribution in [2.75, 3.05) is 0 Å². The van der Waals surface area contributed by atoms with Gasteiger partial charge in [-0.05, 0) is 37.1 Å². The van der Waals surface area contributed by atoms with Gasteiger partial charge >= 0.3 is 28.4 Å². The van der Waals surface area contributed by atoms with Gasteiger partial charge in [0.1, 0.15) is 13.2 Å². The number of benzene rings is 4. The van der Waals surface area contributed by atoms with Gasteiger partial charge in [0.2, 0.25) is 0 Å². The molecule has 9 heteroatoms. The van der Waals surface area contributed by atoms with Crippen LogP contribution in [0.2, 0.25) is 0 Å². The molecule has 5 rings (SSSR count). The number of allylic oxidation sites excluding steroid dienone is 2. The number of rotatable bonds is 6. The van der Waals surface area contributed by atoms with Gasteiger partial charge in [0.25, 0.3) is 0 Å². The molecular weight excluding hydrogens is 635 g/mol. The second kappa shape index (κ2) is 16.3. The Hall–Kier alpha value is -5.27. The maximum absolute atomic E-state index is 13.6. The minimum absolute atomic E-state index is 0. The van der Waals surface area contributed by atoms with Crippen LogP contribution in [0.25, 0.3) is 10.6 Å². The molecule has 0 N–H and O–H groups in total. The summed E-state index contributed by atoms with van der Waals surface area (Å²) in [6.07, 6.45) is 0. The van der Waals surface area contributed by atoms with Crippen molar-refractivity contribution in [1.29, 1.82) is 0 Å². The molecule has 0 saturated carbocycles. The van der Waals surface area contributed by atoms with E-state index in [-0.39, 0.29) is 40.9 Å². The van der Waals surface area contributed by atoms with Gasteiger partial charge in [-0.3, -0.25) is 9.98 Å². The van der Waals surface area contributed by atoms with Crippen LogP contribution in [0, 0.1) is 0 Å². The number of fused-ring (bicyclic) bond motifs is 2. The molecule has 8 nitrogen and oxygen atoms in total. The zero-order valence-electron chi connectivity index (χ0n) is 26.5. The number of esters is 2. The van der Waals surface area contributed by atoms with Gasteiger partial charge in [-0.25, -0.2) is 9.59 Å². The molecule has 0 unspecified atom stereocenters. The van der Waals surface area contributed by atoms with Crippen LogP contribution in [0.5, 0.6) is 0 Å². The van der Waals surface area contributed by atoms with Crippen molar-refractivity contribution in [3.63, 3.8) is 0 Å². The monoisotopic (exact) mass is 668 g/mol. The van der Waals surface area contributed by atoms with Crippen LogP contribution in [0.3, 0.4) is 0 Å². The fourth-order valence-electron chi connectivity index (χ4n) is 4.96. The van der Waals surface area contributed by atoms with Gasteiger partial charge in [0.05, 0.1) is 33.9 Å². The van der Waals surface area contributed by atoms with Crippen molar-refractivity contribution in [2.45, 2.75) is 40.9 Å². The first-order valence-electron chi connectivity index (χ1n) is 14.9. The van der Waals surface area contributed by atoms with E-state index in [9.17, 15) is 9.59 Å². The fraction of sp³-hybridized carbons (Fsp3) is 0.158. The number of ether oxygens (including phenoxy) is 2. The molecule has 0 saturated heterocycles. The van der Waals surface area contributed by atoms with Crippen molar-refractivity contribution < 1.29 is 35.6 Å². The summed E-state index contributed by atoms with van der Waals surface area (Å²) in [6, 6.07) is 33.5. The summed E-state index contributed by atoms with van der Waals surface area (Å²) in [5, 5.41) is 9.65. The van der Waals surface area contributed by atoms with E-state index in [1.165, 1.54) is 0 Å². The number of para-hydroxylation sites is 4. The van der Waals surface area contributed by atoms with E-state index in [4.69, 9.17) is 30.1 Å². The van der Waals surface area contributed by atoms with E-state index in [0.29, 0.717) is 45.6 Å². The predicted octanol–water partition coefficient (Wildman–Crippen LogP) is 9.63. The van der Waals surface area contributed by atoms with E-state index in [2.05, 4.69) is 0 Å². The molecule has 0 amide bonds. The van der Waals surface area contributed by atoms with Crippen LogP contribution in [-0.2, 0) is 48.8 Å². The van der Waals surface area contributed by atoms with Crippen molar-refractivity contribution in [1.82, 2.24) is 0 Å². The van der Waals surface area contributed by atoms with E-state index in [1.54, 1.807) is 52.0 Å². The SMILES string of the molecule is CC1=Nc2ccccc2N=C(C)/C(C(=O)OCc2ccccc2)=C(/C)[N-]c2ccccc2[N-]/C(C)=C\1C(=O)OCc1ccccc1.[Ni+2]. The molecule has 0 radical (unpaired) electrons. The molecule has 47 heavy (non-hydrogen) atoms. The van der Waals surface area contributed by atoms with Crippen LogP contribution in [0.1, 0.15) is 38.8 Å². The van der Waals surface area contributed by atoms with Gasteiger partial charge in [0.15, 0.2) is 0 Å². The Morgan fingerprint density at radius 1 is 0.532 bits per heavy atom. The molecule has 0 aliphatic carbocycles. The number of carbonyl (C=O) groups is 2. The third-order valence-corrected chi connectivity index (χ3v) is 7.20. The number of hydrogen-bond donors (Lipinski definition) is 0. The molecule has 240 valence electrons. The molecule has 4 aromatic carbocycles. The topological polar surface area (TPSA) is 106 Å². The van der Waals surface area contributed by atoms with Crippen LogP contribution < -0.4 is 0 Å². The molecule has 0 atom stereocenters. The molecule has 0 spiro atoms. The van der Waals surface area contributed by atoms with Gasteiger partial charge in [-0.15, -0.1) is 11.4 Å². The molecule has 0 bridgehead atoms. The van der Waals surface area contributed by atoms with Crippen molar-refractivity contribution in [3.05, 3.63) is 153 Å². The first-order valence-corrected chi connectivity index (χ1v) is 14.9. The summed E-state index contributed by atoms with van der Waals surface area (Å²) in [5.74, 6) is -1.10. The summed E-state index contributed by atoms with van der Waals surface area (Å²) >= 11 is 0. The molecule has 1 heterocycles. The average molecular weight is 669 g/mol. The van der Waals surface area contributed by atoms with Gasteiger partial charge in [-0.2, -0.15) is 11.4 Å². The van der Waals surface area contributed by atoms with Gasteiger partial charge < -0.3 is 20.1 Å². The number of nitrogens with zero attached hydrogens (tertiary/aromatic N) is 4. The Balaban J connectivity index is 0.00000500. The number of hydrogen-bond acceptors (Lipinski definition) is 6. The second-order valence-electron chi connectivity index (χ2n) is 10.6. The fourth-order valence-corrected chi connectivity index (χ4v) is 4.96. The number of carbonyl (C=O) groups excluding carboxylic acids is 2. The van der Waals surface area contributed by atoms with Crippen LogP contribution >= 0.6 is 0 Å².